The summed E-state index contributed by atoms with van der Waals surface area (Å²) in [5.74, 6) is 0.861. The molecule has 2 aliphatic rings. The number of ketones is 1. The van der Waals surface area contributed by atoms with Crippen molar-refractivity contribution in [1.82, 2.24) is 10.2 Å². The Morgan fingerprint density at radius 3 is 3.17 bits per heavy atom. The standard InChI is InChI=1S/C15H14N2O/c1-8-14(18)5-2-9-6-11-10(15(8)9)3-4-13-12(11)7-16-17-13/h3-4,7,9H,2,5-6H2,1H3,(H,16,17). The molecule has 1 N–H and O–H groups in total. The van der Waals surface area contributed by atoms with E-state index >= 15 is 0 Å². The number of Topliss-reactive ketones (excluding diaryl/α,β-unsaturated/α-hetero) is 1. The number of fused-ring (bicyclic) bond motifs is 5. The number of nitrogens with one attached hydrogen (secondary N) is 1. The van der Waals surface area contributed by atoms with Crippen LogP contribution < -0.4 is 0 Å². The highest BCUT2D eigenvalue weighted by molar-refractivity contribution is 6.06. The Bertz CT molecular complexity index is 708. The van der Waals surface area contributed by atoms with Gasteiger partial charge in [0.25, 0.3) is 0 Å². The number of hydrogen-bond donors (Lipinski definition) is 1. The number of benzene rings is 1. The van der Waals surface area contributed by atoms with Gasteiger partial charge in [-0.05, 0) is 54.0 Å². The predicted molar refractivity (Wildman–Crippen MR) is 70.1 cm³/mol. The van der Waals surface area contributed by atoms with Crippen LogP contribution in [0, 0.1) is 5.92 Å². The smallest absolute Gasteiger partial charge is 0.158 e. The molecule has 1 atom stereocenters. The van der Waals surface area contributed by atoms with E-state index in [1.54, 1.807) is 0 Å². The van der Waals surface area contributed by atoms with Gasteiger partial charge < -0.3 is 0 Å². The molecule has 1 unspecified atom stereocenters. The van der Waals surface area contributed by atoms with Crippen LogP contribution in [-0.2, 0) is 11.2 Å². The number of H-pyrrole nitrogens is 1. The van der Waals surface area contributed by atoms with Crippen LogP contribution in [0.3, 0.4) is 0 Å². The van der Waals surface area contributed by atoms with Crippen molar-refractivity contribution in [2.75, 3.05) is 0 Å². The van der Waals surface area contributed by atoms with E-state index in [9.17, 15) is 4.79 Å². The van der Waals surface area contributed by atoms with Crippen LogP contribution in [-0.4, -0.2) is 16.0 Å². The summed E-state index contributed by atoms with van der Waals surface area (Å²) in [7, 11) is 0. The molecular formula is C15H14N2O. The lowest BCUT2D eigenvalue weighted by Gasteiger charge is -2.20. The second-order valence-corrected chi connectivity index (χ2v) is 5.32. The van der Waals surface area contributed by atoms with Crippen LogP contribution >= 0.6 is 0 Å². The number of hydrogen-bond acceptors (Lipinski definition) is 2. The normalized spacial score (nSPS) is 22.5. The number of rotatable bonds is 0. The molecule has 1 aromatic heterocycles. The number of aromatic amines is 1. The van der Waals surface area contributed by atoms with E-state index in [1.165, 1.54) is 22.1 Å². The number of carbonyl (C=O) groups is 1. The van der Waals surface area contributed by atoms with Gasteiger partial charge in [-0.25, -0.2) is 0 Å². The summed E-state index contributed by atoms with van der Waals surface area (Å²) >= 11 is 0. The molecule has 0 fully saturated rings. The molecule has 2 aliphatic carbocycles. The maximum Gasteiger partial charge on any atom is 0.158 e. The number of allylic oxidation sites excluding steroid dienone is 2. The summed E-state index contributed by atoms with van der Waals surface area (Å²) < 4.78 is 0. The molecule has 90 valence electrons. The van der Waals surface area contributed by atoms with Crippen LogP contribution in [0.2, 0.25) is 0 Å². The van der Waals surface area contributed by atoms with E-state index in [0.29, 0.717) is 18.1 Å². The molecular weight excluding hydrogens is 224 g/mol. The molecule has 18 heavy (non-hydrogen) atoms. The van der Waals surface area contributed by atoms with E-state index in [4.69, 9.17) is 0 Å². The van der Waals surface area contributed by atoms with E-state index in [2.05, 4.69) is 22.3 Å². The van der Waals surface area contributed by atoms with Gasteiger partial charge in [0.2, 0.25) is 0 Å². The molecule has 0 saturated heterocycles. The molecule has 0 saturated carbocycles. The molecule has 3 nitrogen and oxygen atoms in total. The highest BCUT2D eigenvalue weighted by Crippen LogP contribution is 2.46. The molecule has 1 heterocycles. The number of carbonyl (C=O) groups excluding carboxylic acids is 1. The molecule has 0 radical (unpaired) electrons. The van der Waals surface area contributed by atoms with Gasteiger partial charge in [-0.3, -0.25) is 9.89 Å². The van der Waals surface area contributed by atoms with Gasteiger partial charge in [0.15, 0.2) is 5.78 Å². The van der Waals surface area contributed by atoms with E-state index in [0.717, 1.165) is 23.9 Å². The Morgan fingerprint density at radius 1 is 1.39 bits per heavy atom. The van der Waals surface area contributed by atoms with Gasteiger partial charge >= 0.3 is 0 Å². The van der Waals surface area contributed by atoms with Crippen molar-refractivity contribution >= 4 is 22.3 Å². The summed E-state index contributed by atoms with van der Waals surface area (Å²) in [6.45, 7) is 1.98. The number of aromatic nitrogens is 2. The lowest BCUT2D eigenvalue weighted by molar-refractivity contribution is -0.116. The van der Waals surface area contributed by atoms with Crippen LogP contribution in [0.15, 0.2) is 23.9 Å². The Hall–Kier alpha value is -1.90. The van der Waals surface area contributed by atoms with Crippen molar-refractivity contribution in [3.05, 3.63) is 35.0 Å². The van der Waals surface area contributed by atoms with Crippen molar-refractivity contribution in [2.45, 2.75) is 26.2 Å². The number of nitrogens with zero attached hydrogens (tertiary/aromatic N) is 1. The zero-order valence-electron chi connectivity index (χ0n) is 10.3. The van der Waals surface area contributed by atoms with Crippen LogP contribution in [0.4, 0.5) is 0 Å². The topological polar surface area (TPSA) is 45.8 Å². The van der Waals surface area contributed by atoms with E-state index < -0.39 is 0 Å². The van der Waals surface area contributed by atoms with Crippen molar-refractivity contribution in [2.24, 2.45) is 5.92 Å². The largest absolute Gasteiger partial charge is 0.295 e. The minimum atomic E-state index is 0.321. The molecule has 1 aromatic carbocycles. The fraction of sp³-hybridized carbons (Fsp3) is 0.333. The zero-order chi connectivity index (χ0) is 12.3. The third-order valence-electron chi connectivity index (χ3n) is 4.43. The van der Waals surface area contributed by atoms with Gasteiger partial charge in [0, 0.05) is 11.8 Å². The summed E-state index contributed by atoms with van der Waals surface area (Å²) in [6, 6.07) is 4.22. The average Bonchev–Trinajstić information content (AvgIpc) is 2.96. The Balaban J connectivity index is 2.04. The Kier molecular flexibility index (Phi) is 1.85. The van der Waals surface area contributed by atoms with Crippen LogP contribution in [0.1, 0.15) is 30.9 Å². The predicted octanol–water partition coefficient (Wildman–Crippen LogP) is 2.87. The summed E-state index contributed by atoms with van der Waals surface area (Å²) in [6.07, 6.45) is 4.68. The maximum absolute atomic E-state index is 11.9. The Morgan fingerprint density at radius 2 is 2.28 bits per heavy atom. The third kappa shape index (κ3) is 1.14. The van der Waals surface area contributed by atoms with Crippen molar-refractivity contribution < 1.29 is 4.79 Å². The molecule has 2 aromatic rings. The fourth-order valence-corrected chi connectivity index (χ4v) is 3.51. The molecule has 0 aliphatic heterocycles. The Labute approximate surface area is 105 Å². The van der Waals surface area contributed by atoms with E-state index in [1.807, 2.05) is 13.1 Å². The first-order valence-corrected chi connectivity index (χ1v) is 6.45. The van der Waals surface area contributed by atoms with Crippen molar-refractivity contribution in [1.29, 1.82) is 0 Å². The first-order chi connectivity index (χ1) is 8.75. The fourth-order valence-electron chi connectivity index (χ4n) is 3.51. The minimum absolute atomic E-state index is 0.321. The lowest BCUT2D eigenvalue weighted by Crippen LogP contribution is -2.14. The van der Waals surface area contributed by atoms with Gasteiger partial charge in [0.1, 0.15) is 0 Å². The molecule has 3 heteroatoms. The third-order valence-corrected chi connectivity index (χ3v) is 4.43. The van der Waals surface area contributed by atoms with Crippen molar-refractivity contribution in [3.63, 3.8) is 0 Å². The monoisotopic (exact) mass is 238 g/mol. The van der Waals surface area contributed by atoms with Crippen molar-refractivity contribution in [3.8, 4) is 0 Å². The van der Waals surface area contributed by atoms with Gasteiger partial charge in [0.05, 0.1) is 11.7 Å². The molecule has 0 bridgehead atoms. The highest BCUT2D eigenvalue weighted by atomic mass is 16.1. The molecule has 4 rings (SSSR count). The van der Waals surface area contributed by atoms with Crippen LogP contribution in [0.25, 0.3) is 16.5 Å². The van der Waals surface area contributed by atoms with Gasteiger partial charge in [-0.2, -0.15) is 5.10 Å². The second kappa shape index (κ2) is 3.31. The highest BCUT2D eigenvalue weighted by Gasteiger charge is 2.34. The minimum Gasteiger partial charge on any atom is -0.295 e. The zero-order valence-corrected chi connectivity index (χ0v) is 10.3. The molecule has 0 amide bonds. The second-order valence-electron chi connectivity index (χ2n) is 5.32. The first kappa shape index (κ1) is 10.1. The van der Waals surface area contributed by atoms with E-state index in [-0.39, 0.29) is 0 Å². The van der Waals surface area contributed by atoms with Crippen LogP contribution in [0.5, 0.6) is 0 Å². The SMILES string of the molecule is CC1=C2c3ccc4[nH]ncc4c3CC2CCC1=O. The summed E-state index contributed by atoms with van der Waals surface area (Å²) in [5.41, 5.74) is 6.02. The average molecular weight is 238 g/mol. The summed E-state index contributed by atoms with van der Waals surface area (Å²) in [4.78, 5) is 11.9. The van der Waals surface area contributed by atoms with Gasteiger partial charge in [-0.1, -0.05) is 6.07 Å². The molecule has 0 spiro atoms. The summed E-state index contributed by atoms with van der Waals surface area (Å²) in [5, 5.41) is 8.36. The van der Waals surface area contributed by atoms with Gasteiger partial charge in [-0.15, -0.1) is 0 Å². The lowest BCUT2D eigenvalue weighted by atomic mass is 9.83. The maximum atomic E-state index is 11.9. The quantitative estimate of drug-likeness (QED) is 0.767. The first-order valence-electron chi connectivity index (χ1n) is 6.45.